The van der Waals surface area contributed by atoms with Crippen LogP contribution < -0.4 is 4.90 Å². The lowest BCUT2D eigenvalue weighted by Crippen LogP contribution is -2.55. The summed E-state index contributed by atoms with van der Waals surface area (Å²) in [4.78, 5) is 2.65. The Morgan fingerprint density at radius 2 is 1.09 bits per heavy atom. The quantitative estimate of drug-likeness (QED) is 0.173. The summed E-state index contributed by atoms with van der Waals surface area (Å²) in [7, 11) is 0. The lowest BCUT2D eigenvalue weighted by atomic mass is 9.43. The van der Waals surface area contributed by atoms with Gasteiger partial charge in [0.1, 0.15) is 0 Å². The molecule has 4 bridgehead atoms. The van der Waals surface area contributed by atoms with Crippen LogP contribution in [-0.4, -0.2) is 0 Å². The molecule has 0 aliphatic heterocycles. The molecule has 8 aromatic rings. The Balaban J connectivity index is 1.03. The molecule has 1 nitrogen and oxygen atoms in total. The molecule has 1 spiro atoms. The Hall–Kier alpha value is -5.44. The first-order valence-corrected chi connectivity index (χ1v) is 22.1. The van der Waals surface area contributed by atoms with E-state index in [1.165, 1.54) is 114 Å². The third-order valence-corrected chi connectivity index (χ3v) is 16.7. The van der Waals surface area contributed by atoms with Gasteiger partial charge in [0.2, 0.25) is 0 Å². The zero-order chi connectivity index (χ0) is 37.6. The van der Waals surface area contributed by atoms with E-state index in [1.54, 1.807) is 11.1 Å². The number of hydrogen-bond donors (Lipinski definition) is 0. The van der Waals surface area contributed by atoms with E-state index in [-0.39, 0.29) is 10.8 Å². The SMILES string of the molecule is CC1(C)c2ccccc2-c2ccc(N(c3ccc(-c4cccc5c4sc4ccccc45)cc3)c3cccc4c3C3(c5ccccc5-4)C4CC5CC(C4)CC3C5)cc21. The molecule has 0 unspecified atom stereocenters. The van der Waals surface area contributed by atoms with Crippen LogP contribution in [0.5, 0.6) is 0 Å². The standard InChI is InChI=1S/C55H45NS/c1-54(2)47-17-6-3-11-41(47)43-26-25-39(32-49(43)54)56(38-23-21-35(22-24-38)40-14-9-16-46-44-13-5-8-20-51(44)57-53(40)46)50-19-10-15-45-42-12-4-7-18-48(42)55(52(45)50)36-28-33-27-34(30-36)31-37(55)29-33/h3-26,32-34,36-37H,27-31H2,1-2H3. The van der Waals surface area contributed by atoms with E-state index in [9.17, 15) is 0 Å². The van der Waals surface area contributed by atoms with Gasteiger partial charge in [0.15, 0.2) is 0 Å². The van der Waals surface area contributed by atoms with Gasteiger partial charge in [-0.15, -0.1) is 11.3 Å². The van der Waals surface area contributed by atoms with Gasteiger partial charge in [-0.3, -0.25) is 0 Å². The molecule has 0 N–H and O–H groups in total. The van der Waals surface area contributed by atoms with Gasteiger partial charge in [0.25, 0.3) is 0 Å². The number of benzene rings is 7. The maximum atomic E-state index is 2.65. The fourth-order valence-corrected chi connectivity index (χ4v) is 14.6. The van der Waals surface area contributed by atoms with E-state index in [1.807, 2.05) is 11.3 Å². The van der Waals surface area contributed by atoms with Crippen LogP contribution in [-0.2, 0) is 10.8 Å². The lowest BCUT2D eigenvalue weighted by Gasteiger charge is -2.61. The van der Waals surface area contributed by atoms with Crippen LogP contribution in [0.15, 0.2) is 152 Å². The van der Waals surface area contributed by atoms with Gasteiger partial charge in [0, 0.05) is 42.4 Å². The zero-order valence-corrected chi connectivity index (χ0v) is 33.5. The van der Waals surface area contributed by atoms with Gasteiger partial charge < -0.3 is 4.90 Å². The van der Waals surface area contributed by atoms with Crippen molar-refractivity contribution in [3.63, 3.8) is 0 Å². The highest BCUT2D eigenvalue weighted by Crippen LogP contribution is 2.71. The topological polar surface area (TPSA) is 3.24 Å². The third kappa shape index (κ3) is 4.30. The van der Waals surface area contributed by atoms with Crippen molar-refractivity contribution in [1.29, 1.82) is 0 Å². The predicted octanol–water partition coefficient (Wildman–Crippen LogP) is 15.2. The largest absolute Gasteiger partial charge is 0.310 e. The average molecular weight is 752 g/mol. The number of hydrogen-bond acceptors (Lipinski definition) is 2. The second-order valence-electron chi connectivity index (χ2n) is 18.5. The van der Waals surface area contributed by atoms with Crippen LogP contribution in [0.1, 0.15) is 68.2 Å². The van der Waals surface area contributed by atoms with Crippen molar-refractivity contribution in [1.82, 2.24) is 0 Å². The molecule has 276 valence electrons. The highest BCUT2D eigenvalue weighted by atomic mass is 32.1. The predicted molar refractivity (Wildman–Crippen MR) is 240 cm³/mol. The van der Waals surface area contributed by atoms with Crippen molar-refractivity contribution in [2.45, 2.75) is 56.8 Å². The summed E-state index contributed by atoms with van der Waals surface area (Å²) in [6.45, 7) is 4.82. The van der Waals surface area contributed by atoms with Crippen molar-refractivity contribution < 1.29 is 0 Å². The van der Waals surface area contributed by atoms with Crippen LogP contribution >= 0.6 is 11.3 Å². The smallest absolute Gasteiger partial charge is 0.0509 e. The highest BCUT2D eigenvalue weighted by molar-refractivity contribution is 7.26. The van der Waals surface area contributed by atoms with Crippen molar-refractivity contribution >= 4 is 48.6 Å². The van der Waals surface area contributed by atoms with Crippen molar-refractivity contribution in [2.24, 2.45) is 23.7 Å². The summed E-state index contributed by atoms with van der Waals surface area (Å²) in [5, 5.41) is 2.70. The van der Waals surface area contributed by atoms with E-state index in [2.05, 4.69) is 170 Å². The van der Waals surface area contributed by atoms with E-state index >= 15 is 0 Å². The second-order valence-corrected chi connectivity index (χ2v) is 19.5. The summed E-state index contributed by atoms with van der Waals surface area (Å²) in [6.07, 6.45) is 6.95. The molecule has 6 aliphatic carbocycles. The number of thiophene rings is 1. The third-order valence-electron chi connectivity index (χ3n) is 15.5. The fraction of sp³-hybridized carbons (Fsp3) is 0.236. The first-order chi connectivity index (χ1) is 28.0. The number of rotatable bonds is 4. The summed E-state index contributed by atoms with van der Waals surface area (Å²) < 4.78 is 2.72. The molecule has 0 atom stereocenters. The minimum Gasteiger partial charge on any atom is -0.310 e. The Morgan fingerprint density at radius 3 is 1.88 bits per heavy atom. The average Bonchev–Trinajstić information content (AvgIpc) is 3.85. The summed E-state index contributed by atoms with van der Waals surface area (Å²) in [6, 6.07) is 58.5. The molecule has 4 fully saturated rings. The van der Waals surface area contributed by atoms with E-state index < -0.39 is 0 Å². The highest BCUT2D eigenvalue weighted by Gasteiger charge is 2.62. The van der Waals surface area contributed by atoms with Crippen LogP contribution in [0.4, 0.5) is 17.1 Å². The first-order valence-electron chi connectivity index (χ1n) is 21.3. The molecule has 57 heavy (non-hydrogen) atoms. The maximum Gasteiger partial charge on any atom is 0.0509 e. The first kappa shape index (κ1) is 32.6. The number of fused-ring (bicyclic) bond motifs is 9. The minimum atomic E-state index is -0.0854. The number of nitrogens with zero attached hydrogens (tertiary/aromatic N) is 1. The van der Waals surface area contributed by atoms with Crippen LogP contribution in [0.3, 0.4) is 0 Å². The van der Waals surface area contributed by atoms with Gasteiger partial charge >= 0.3 is 0 Å². The molecule has 7 aromatic carbocycles. The van der Waals surface area contributed by atoms with Gasteiger partial charge in [-0.2, -0.15) is 0 Å². The van der Waals surface area contributed by atoms with Crippen molar-refractivity contribution in [3.8, 4) is 33.4 Å². The normalized spacial score (nSPS) is 24.2. The monoisotopic (exact) mass is 751 g/mol. The minimum absolute atomic E-state index is 0.0528. The van der Waals surface area contributed by atoms with Crippen molar-refractivity contribution in [3.05, 3.63) is 174 Å². The molecular formula is C55H45NS. The summed E-state index contributed by atoms with van der Waals surface area (Å²) in [5.41, 5.74) is 18.1. The summed E-state index contributed by atoms with van der Waals surface area (Å²) in [5.74, 6) is 3.18. The Kier molecular flexibility index (Phi) is 6.63. The molecule has 6 aliphatic rings. The molecule has 1 aromatic heterocycles. The zero-order valence-electron chi connectivity index (χ0n) is 32.6. The van der Waals surface area contributed by atoms with Gasteiger partial charge in [-0.1, -0.05) is 129 Å². The number of anilines is 3. The molecular weight excluding hydrogens is 707 g/mol. The molecule has 0 radical (unpaired) electrons. The van der Waals surface area contributed by atoms with E-state index in [0.29, 0.717) is 11.8 Å². The Labute approximate surface area is 339 Å². The lowest BCUT2D eigenvalue weighted by molar-refractivity contribution is -0.0397. The van der Waals surface area contributed by atoms with Gasteiger partial charge in [-0.25, -0.2) is 0 Å². The molecule has 1 heterocycles. The van der Waals surface area contributed by atoms with Gasteiger partial charge in [-0.05, 0) is 148 Å². The molecule has 2 heteroatoms. The second kappa shape index (κ2) is 11.6. The molecule has 14 rings (SSSR count). The molecule has 0 amide bonds. The fourth-order valence-electron chi connectivity index (χ4n) is 13.4. The van der Waals surface area contributed by atoms with E-state index in [0.717, 1.165) is 11.8 Å². The van der Waals surface area contributed by atoms with Crippen LogP contribution in [0.2, 0.25) is 0 Å². The van der Waals surface area contributed by atoms with Crippen LogP contribution in [0, 0.1) is 23.7 Å². The maximum absolute atomic E-state index is 2.65. The van der Waals surface area contributed by atoms with E-state index in [4.69, 9.17) is 0 Å². The summed E-state index contributed by atoms with van der Waals surface area (Å²) >= 11 is 1.91. The molecule has 0 saturated heterocycles. The Morgan fingerprint density at radius 1 is 0.491 bits per heavy atom. The van der Waals surface area contributed by atoms with Crippen molar-refractivity contribution in [2.75, 3.05) is 4.90 Å². The van der Waals surface area contributed by atoms with Crippen LogP contribution in [0.25, 0.3) is 53.6 Å². The Bertz CT molecular complexity index is 2930. The van der Waals surface area contributed by atoms with Gasteiger partial charge in [0.05, 0.1) is 5.69 Å². The molecule has 4 saturated carbocycles.